The lowest BCUT2D eigenvalue weighted by Crippen LogP contribution is -2.32. The highest BCUT2D eigenvalue weighted by Gasteiger charge is 2.16. The summed E-state index contributed by atoms with van der Waals surface area (Å²) >= 11 is 7.06. The normalized spacial score (nSPS) is 10.0. The molecular formula is C11H9BClN3O2S. The quantitative estimate of drug-likeness (QED) is 0.731. The second-order valence-electron chi connectivity index (χ2n) is 3.72. The number of hydrogen-bond acceptors (Lipinski definition) is 6. The number of rotatable bonds is 4. The number of halogens is 1. The van der Waals surface area contributed by atoms with Crippen LogP contribution >= 0.6 is 22.9 Å². The molecule has 0 atom stereocenters. The molecule has 0 aliphatic carbocycles. The van der Waals surface area contributed by atoms with Crippen LogP contribution in [0.2, 0.25) is 4.47 Å². The molecule has 1 aromatic carbocycles. The lowest BCUT2D eigenvalue weighted by Gasteiger charge is -2.11. The van der Waals surface area contributed by atoms with E-state index in [1.54, 1.807) is 12.3 Å². The minimum Gasteiger partial charge on any atom is -0.423 e. The number of nitrogens with zero attached hydrogens (tertiary/aromatic N) is 2. The minimum absolute atomic E-state index is 0.314. The fraction of sp³-hybridized carbons (Fsp3) is 0.0909. The van der Waals surface area contributed by atoms with E-state index in [1.165, 1.54) is 23.5 Å². The average molecular weight is 294 g/mol. The van der Waals surface area contributed by atoms with Crippen LogP contribution in [0, 0.1) is 11.3 Å². The van der Waals surface area contributed by atoms with Gasteiger partial charge in [0.2, 0.25) is 0 Å². The van der Waals surface area contributed by atoms with Crippen molar-refractivity contribution in [3.63, 3.8) is 0 Å². The third kappa shape index (κ3) is 3.46. The smallest absolute Gasteiger partial charge is 0.423 e. The first-order chi connectivity index (χ1) is 9.10. The molecule has 0 spiro atoms. The summed E-state index contributed by atoms with van der Waals surface area (Å²) < 4.78 is 0.449. The van der Waals surface area contributed by atoms with Gasteiger partial charge in [0.1, 0.15) is 0 Å². The van der Waals surface area contributed by atoms with E-state index in [0.717, 1.165) is 4.88 Å². The van der Waals surface area contributed by atoms with Crippen molar-refractivity contribution in [1.29, 1.82) is 5.26 Å². The van der Waals surface area contributed by atoms with Crippen LogP contribution < -0.4 is 10.8 Å². The summed E-state index contributed by atoms with van der Waals surface area (Å²) in [6.07, 6.45) is 1.64. The molecule has 1 heterocycles. The number of nitrogens with one attached hydrogen (secondary N) is 1. The Hall–Kier alpha value is -1.59. The third-order valence-corrected chi connectivity index (χ3v) is 3.55. The van der Waals surface area contributed by atoms with E-state index in [4.69, 9.17) is 16.9 Å². The maximum atomic E-state index is 9.27. The molecular weight excluding hydrogens is 284 g/mol. The summed E-state index contributed by atoms with van der Waals surface area (Å²) in [5.74, 6) is 0. The van der Waals surface area contributed by atoms with Gasteiger partial charge in [0.05, 0.1) is 18.2 Å². The number of anilines is 1. The van der Waals surface area contributed by atoms with Crippen molar-refractivity contribution in [1.82, 2.24) is 4.98 Å². The predicted molar refractivity (Wildman–Crippen MR) is 75.4 cm³/mol. The largest absolute Gasteiger partial charge is 0.490 e. The van der Waals surface area contributed by atoms with Crippen LogP contribution in [0.15, 0.2) is 24.4 Å². The van der Waals surface area contributed by atoms with Crippen LogP contribution in [0.25, 0.3) is 0 Å². The molecule has 8 heteroatoms. The molecule has 2 aromatic rings. The lowest BCUT2D eigenvalue weighted by atomic mass is 9.78. The Kier molecular flexibility index (Phi) is 4.40. The van der Waals surface area contributed by atoms with Gasteiger partial charge in [-0.15, -0.1) is 11.3 Å². The van der Waals surface area contributed by atoms with Crippen LogP contribution in [0.5, 0.6) is 0 Å². The Morgan fingerprint density at radius 3 is 2.84 bits per heavy atom. The van der Waals surface area contributed by atoms with E-state index in [-0.39, 0.29) is 0 Å². The van der Waals surface area contributed by atoms with Crippen LogP contribution in [-0.4, -0.2) is 22.2 Å². The first-order valence-electron chi connectivity index (χ1n) is 5.34. The fourth-order valence-corrected chi connectivity index (χ4v) is 2.47. The van der Waals surface area contributed by atoms with E-state index in [2.05, 4.69) is 10.3 Å². The highest BCUT2D eigenvalue weighted by molar-refractivity contribution is 7.15. The molecule has 0 aliphatic heterocycles. The van der Waals surface area contributed by atoms with E-state index in [0.29, 0.717) is 27.7 Å². The molecule has 0 fully saturated rings. The summed E-state index contributed by atoms with van der Waals surface area (Å²) in [6, 6.07) is 6.60. The van der Waals surface area contributed by atoms with Gasteiger partial charge in [0.25, 0.3) is 0 Å². The SMILES string of the molecule is N#Cc1ccc(B(O)O)c(NCc2cnc(Cl)s2)c1. The molecule has 5 nitrogen and oxygen atoms in total. The van der Waals surface area contributed by atoms with Crippen LogP contribution in [0.1, 0.15) is 10.4 Å². The summed E-state index contributed by atoms with van der Waals surface area (Å²) in [4.78, 5) is 4.82. The fourth-order valence-electron chi connectivity index (χ4n) is 1.55. The highest BCUT2D eigenvalue weighted by Crippen LogP contribution is 2.19. The van der Waals surface area contributed by atoms with Crippen molar-refractivity contribution in [2.24, 2.45) is 0 Å². The molecule has 0 saturated heterocycles. The Morgan fingerprint density at radius 2 is 2.26 bits per heavy atom. The van der Waals surface area contributed by atoms with Crippen molar-refractivity contribution in [3.8, 4) is 6.07 Å². The van der Waals surface area contributed by atoms with Gasteiger partial charge >= 0.3 is 7.12 Å². The lowest BCUT2D eigenvalue weighted by molar-refractivity contribution is 0.426. The van der Waals surface area contributed by atoms with Gasteiger partial charge < -0.3 is 15.4 Å². The van der Waals surface area contributed by atoms with Crippen molar-refractivity contribution >= 4 is 41.2 Å². The topological polar surface area (TPSA) is 89.2 Å². The number of hydrogen-bond donors (Lipinski definition) is 3. The molecule has 19 heavy (non-hydrogen) atoms. The molecule has 3 N–H and O–H groups in total. The van der Waals surface area contributed by atoms with Crippen molar-refractivity contribution in [2.45, 2.75) is 6.54 Å². The van der Waals surface area contributed by atoms with E-state index in [9.17, 15) is 10.0 Å². The molecule has 96 valence electrons. The first kappa shape index (κ1) is 13.8. The zero-order valence-electron chi connectivity index (χ0n) is 9.67. The first-order valence-corrected chi connectivity index (χ1v) is 6.54. The number of benzene rings is 1. The number of aromatic nitrogens is 1. The molecule has 1 aromatic heterocycles. The monoisotopic (exact) mass is 293 g/mol. The zero-order chi connectivity index (χ0) is 13.8. The highest BCUT2D eigenvalue weighted by atomic mass is 35.5. The Morgan fingerprint density at radius 1 is 1.47 bits per heavy atom. The van der Waals surface area contributed by atoms with Gasteiger partial charge in [-0.1, -0.05) is 17.7 Å². The maximum absolute atomic E-state index is 9.27. The average Bonchev–Trinajstić information content (AvgIpc) is 2.81. The number of thiazole rings is 1. The van der Waals surface area contributed by atoms with Gasteiger partial charge in [-0.3, -0.25) is 0 Å². The van der Waals surface area contributed by atoms with E-state index >= 15 is 0 Å². The maximum Gasteiger partial charge on any atom is 0.490 e. The van der Waals surface area contributed by atoms with Crippen LogP contribution in [0.4, 0.5) is 5.69 Å². The third-order valence-electron chi connectivity index (χ3n) is 2.44. The predicted octanol–water partition coefficient (Wildman–Crippen LogP) is 0.960. The van der Waals surface area contributed by atoms with Gasteiger partial charge in [0, 0.05) is 22.2 Å². The second-order valence-corrected chi connectivity index (χ2v) is 5.42. The number of nitriles is 1. The van der Waals surface area contributed by atoms with Crippen molar-refractivity contribution in [3.05, 3.63) is 39.3 Å². The molecule has 0 aliphatic rings. The van der Waals surface area contributed by atoms with E-state index < -0.39 is 7.12 Å². The Balaban J connectivity index is 2.20. The van der Waals surface area contributed by atoms with Gasteiger partial charge in [-0.25, -0.2) is 4.98 Å². The molecule has 2 rings (SSSR count). The molecule has 0 radical (unpaired) electrons. The van der Waals surface area contributed by atoms with Crippen molar-refractivity contribution < 1.29 is 10.0 Å². The van der Waals surface area contributed by atoms with Gasteiger partial charge in [0.15, 0.2) is 4.47 Å². The standard InChI is InChI=1S/C11H9BClN3O2S/c13-11-16-6-8(19-11)5-15-10-3-7(4-14)1-2-9(10)12(17)18/h1-3,6,15,17-18H,5H2. The summed E-state index contributed by atoms with van der Waals surface area (Å²) in [6.45, 7) is 0.443. The molecule has 0 amide bonds. The Labute approximate surface area is 119 Å². The Bertz CT molecular complexity index is 627. The van der Waals surface area contributed by atoms with E-state index in [1.807, 2.05) is 6.07 Å². The van der Waals surface area contributed by atoms with Gasteiger partial charge in [-0.05, 0) is 12.1 Å². The molecule has 0 bridgehead atoms. The summed E-state index contributed by atoms with van der Waals surface area (Å²) in [7, 11) is -1.60. The zero-order valence-corrected chi connectivity index (χ0v) is 11.2. The van der Waals surface area contributed by atoms with Crippen LogP contribution in [-0.2, 0) is 6.54 Å². The minimum atomic E-state index is -1.60. The van der Waals surface area contributed by atoms with Crippen LogP contribution in [0.3, 0.4) is 0 Å². The summed E-state index contributed by atoms with van der Waals surface area (Å²) in [5, 5.41) is 30.4. The summed E-state index contributed by atoms with van der Waals surface area (Å²) in [5.41, 5.74) is 1.25. The molecule has 0 unspecified atom stereocenters. The second kappa shape index (κ2) is 6.04. The van der Waals surface area contributed by atoms with Crippen molar-refractivity contribution in [2.75, 3.05) is 5.32 Å². The molecule has 0 saturated carbocycles. The van der Waals surface area contributed by atoms with Gasteiger partial charge in [-0.2, -0.15) is 5.26 Å².